The minimum atomic E-state index is -0.792. The molecule has 0 spiro atoms. The smallest absolute Gasteiger partial charge is 0.303 e. The summed E-state index contributed by atoms with van der Waals surface area (Å²) < 4.78 is 12.0. The number of carboxylic acid groups (broad SMARTS) is 1. The zero-order valence-corrected chi connectivity index (χ0v) is 17.2. The van der Waals surface area contributed by atoms with E-state index in [-0.39, 0.29) is 36.4 Å². The van der Waals surface area contributed by atoms with Gasteiger partial charge in [0.2, 0.25) is 5.89 Å². The lowest BCUT2D eigenvalue weighted by atomic mass is 9.75. The van der Waals surface area contributed by atoms with Crippen LogP contribution in [0.1, 0.15) is 66.0 Å². The molecule has 7 nitrogen and oxygen atoms in total. The highest BCUT2D eigenvalue weighted by Crippen LogP contribution is 2.49. The molecule has 4 rings (SSSR count). The van der Waals surface area contributed by atoms with Gasteiger partial charge in [0.1, 0.15) is 6.26 Å². The number of oxazole rings is 1. The molecule has 2 fully saturated rings. The maximum absolute atomic E-state index is 12.2. The average molecular weight is 412 g/mol. The Labute approximate surface area is 175 Å². The van der Waals surface area contributed by atoms with Crippen LogP contribution in [0.5, 0.6) is 0 Å². The summed E-state index contributed by atoms with van der Waals surface area (Å²) in [7, 11) is 0. The first kappa shape index (κ1) is 20.6. The van der Waals surface area contributed by atoms with E-state index in [0.29, 0.717) is 24.6 Å². The molecular formula is C23H28N2O5. The van der Waals surface area contributed by atoms with Crippen LogP contribution in [-0.2, 0) is 22.4 Å². The summed E-state index contributed by atoms with van der Waals surface area (Å²) in [6.45, 7) is 2.61. The van der Waals surface area contributed by atoms with Crippen molar-refractivity contribution in [2.75, 3.05) is 6.54 Å². The first-order valence-electron chi connectivity index (χ1n) is 10.7. The van der Waals surface area contributed by atoms with Crippen LogP contribution >= 0.6 is 0 Å². The van der Waals surface area contributed by atoms with Gasteiger partial charge in [0.15, 0.2) is 5.69 Å². The molecule has 7 heteroatoms. The molecule has 1 aromatic heterocycles. The van der Waals surface area contributed by atoms with E-state index in [2.05, 4.69) is 16.4 Å². The number of carboxylic acids is 1. The Morgan fingerprint density at radius 3 is 2.73 bits per heavy atom. The number of fused-ring (bicyclic) bond motifs is 2. The second kappa shape index (κ2) is 9.00. The fourth-order valence-corrected chi connectivity index (χ4v) is 4.75. The fraction of sp³-hybridized carbons (Fsp3) is 0.522. The predicted molar refractivity (Wildman–Crippen MR) is 109 cm³/mol. The van der Waals surface area contributed by atoms with Crippen molar-refractivity contribution in [3.05, 3.63) is 53.2 Å². The molecule has 2 aromatic rings. The Bertz CT molecular complexity index is 909. The first-order chi connectivity index (χ1) is 14.6. The number of rotatable bonds is 9. The third-order valence-corrected chi connectivity index (χ3v) is 6.18. The van der Waals surface area contributed by atoms with E-state index in [1.165, 1.54) is 6.26 Å². The molecule has 2 aliphatic heterocycles. The lowest BCUT2D eigenvalue weighted by Crippen LogP contribution is -2.28. The van der Waals surface area contributed by atoms with E-state index in [4.69, 9.17) is 14.3 Å². The van der Waals surface area contributed by atoms with Crippen LogP contribution < -0.4 is 5.32 Å². The molecule has 3 heterocycles. The van der Waals surface area contributed by atoms with E-state index in [1.807, 2.05) is 25.1 Å². The SMILES string of the molecule is CCCNC(=O)c1coc([C@H]2[C@H](Cc3ccccc3CCC(=O)O)[C@@H]3CC[C@H]2O3)n1. The molecule has 2 saturated heterocycles. The molecule has 0 aliphatic carbocycles. The van der Waals surface area contributed by atoms with Crippen molar-refractivity contribution in [3.63, 3.8) is 0 Å². The first-order valence-corrected chi connectivity index (χ1v) is 10.7. The number of hydrogen-bond donors (Lipinski definition) is 2. The maximum Gasteiger partial charge on any atom is 0.303 e. The highest BCUT2D eigenvalue weighted by molar-refractivity contribution is 5.91. The van der Waals surface area contributed by atoms with Crippen LogP contribution in [0.2, 0.25) is 0 Å². The number of amides is 1. The van der Waals surface area contributed by atoms with Gasteiger partial charge in [-0.05, 0) is 43.2 Å². The molecule has 160 valence electrons. The van der Waals surface area contributed by atoms with E-state index in [9.17, 15) is 9.59 Å². The Balaban J connectivity index is 1.53. The number of ether oxygens (including phenoxy) is 1. The van der Waals surface area contributed by atoms with Crippen LogP contribution in [0.4, 0.5) is 0 Å². The lowest BCUT2D eigenvalue weighted by molar-refractivity contribution is -0.136. The van der Waals surface area contributed by atoms with Gasteiger partial charge >= 0.3 is 5.97 Å². The molecule has 2 bridgehead atoms. The number of nitrogens with one attached hydrogen (secondary N) is 1. The Hall–Kier alpha value is -2.67. The molecule has 4 atom stereocenters. The Kier molecular flexibility index (Phi) is 6.18. The number of aromatic nitrogens is 1. The van der Waals surface area contributed by atoms with E-state index < -0.39 is 5.97 Å². The van der Waals surface area contributed by atoms with Crippen LogP contribution in [0.15, 0.2) is 34.9 Å². The van der Waals surface area contributed by atoms with Crippen molar-refractivity contribution in [1.29, 1.82) is 0 Å². The zero-order valence-electron chi connectivity index (χ0n) is 17.2. The minimum absolute atomic E-state index is 0.00371. The molecule has 2 aliphatic rings. The number of benzene rings is 1. The Morgan fingerprint density at radius 1 is 1.20 bits per heavy atom. The number of hydrogen-bond acceptors (Lipinski definition) is 5. The number of carbonyl (C=O) groups is 2. The van der Waals surface area contributed by atoms with Crippen LogP contribution in [0, 0.1) is 5.92 Å². The summed E-state index contributed by atoms with van der Waals surface area (Å²) >= 11 is 0. The number of aryl methyl sites for hydroxylation is 1. The van der Waals surface area contributed by atoms with Gasteiger partial charge in [-0.15, -0.1) is 0 Å². The van der Waals surface area contributed by atoms with Crippen LogP contribution in [-0.4, -0.2) is 40.7 Å². The summed E-state index contributed by atoms with van der Waals surface area (Å²) in [6, 6.07) is 8.01. The summed E-state index contributed by atoms with van der Waals surface area (Å²) in [5.74, 6) is -0.244. The molecule has 1 aromatic carbocycles. The van der Waals surface area contributed by atoms with Crippen molar-refractivity contribution in [1.82, 2.24) is 10.3 Å². The molecule has 30 heavy (non-hydrogen) atoms. The van der Waals surface area contributed by atoms with Gasteiger partial charge in [-0.2, -0.15) is 0 Å². The van der Waals surface area contributed by atoms with Crippen molar-refractivity contribution in [3.8, 4) is 0 Å². The van der Waals surface area contributed by atoms with E-state index in [0.717, 1.165) is 36.8 Å². The normalized spacial score (nSPS) is 24.8. The summed E-state index contributed by atoms with van der Waals surface area (Å²) in [5.41, 5.74) is 2.52. The van der Waals surface area contributed by atoms with Crippen molar-refractivity contribution < 1.29 is 23.8 Å². The van der Waals surface area contributed by atoms with Crippen LogP contribution in [0.25, 0.3) is 0 Å². The third kappa shape index (κ3) is 4.26. The molecule has 2 N–H and O–H groups in total. The van der Waals surface area contributed by atoms with Gasteiger partial charge in [-0.1, -0.05) is 31.2 Å². The van der Waals surface area contributed by atoms with Gasteiger partial charge in [0, 0.05) is 18.9 Å². The fourth-order valence-electron chi connectivity index (χ4n) is 4.75. The van der Waals surface area contributed by atoms with E-state index in [1.54, 1.807) is 0 Å². The third-order valence-electron chi connectivity index (χ3n) is 6.18. The van der Waals surface area contributed by atoms with Crippen molar-refractivity contribution in [2.45, 2.75) is 63.6 Å². The largest absolute Gasteiger partial charge is 0.481 e. The monoisotopic (exact) mass is 412 g/mol. The second-order valence-electron chi connectivity index (χ2n) is 8.17. The highest BCUT2D eigenvalue weighted by atomic mass is 16.5. The topological polar surface area (TPSA) is 102 Å². The average Bonchev–Trinajstić information content (AvgIpc) is 3.47. The number of nitrogens with zero attached hydrogens (tertiary/aromatic N) is 1. The molecule has 0 radical (unpaired) electrons. The van der Waals surface area contributed by atoms with Gasteiger partial charge in [-0.25, -0.2) is 4.98 Å². The van der Waals surface area contributed by atoms with Gasteiger partial charge in [0.05, 0.1) is 18.1 Å². The van der Waals surface area contributed by atoms with Gasteiger partial charge in [-0.3, -0.25) is 9.59 Å². The summed E-state index contributed by atoms with van der Waals surface area (Å²) in [4.78, 5) is 27.7. The van der Waals surface area contributed by atoms with Gasteiger partial charge in [0.25, 0.3) is 5.91 Å². The van der Waals surface area contributed by atoms with Crippen molar-refractivity contribution >= 4 is 11.9 Å². The van der Waals surface area contributed by atoms with Crippen LogP contribution in [0.3, 0.4) is 0 Å². The predicted octanol–water partition coefficient (Wildman–Crippen LogP) is 3.34. The zero-order chi connectivity index (χ0) is 21.1. The molecule has 0 unspecified atom stereocenters. The summed E-state index contributed by atoms with van der Waals surface area (Å²) in [6.07, 6.45) is 5.86. The quantitative estimate of drug-likeness (QED) is 0.655. The lowest BCUT2D eigenvalue weighted by Gasteiger charge is -2.26. The van der Waals surface area contributed by atoms with Gasteiger partial charge < -0.3 is 19.6 Å². The molecular weight excluding hydrogens is 384 g/mol. The molecule has 0 saturated carbocycles. The standard InChI is InChI=1S/C23H28N2O5/c1-2-11-24-22(28)17-13-29-23(25-17)21-16(18-8-9-19(21)30-18)12-15-6-4-3-5-14(15)7-10-20(26)27/h3-6,13,16,18-19,21H,2,7-12H2,1H3,(H,24,28)(H,26,27)/t16-,18+,19-,21+/m1/s1. The maximum atomic E-state index is 12.2. The number of aliphatic carboxylic acids is 1. The number of carbonyl (C=O) groups excluding carboxylic acids is 1. The summed E-state index contributed by atoms with van der Waals surface area (Å²) in [5, 5.41) is 11.9. The molecule has 1 amide bonds. The van der Waals surface area contributed by atoms with E-state index >= 15 is 0 Å². The Morgan fingerprint density at radius 2 is 1.97 bits per heavy atom. The minimum Gasteiger partial charge on any atom is -0.481 e. The van der Waals surface area contributed by atoms with Crippen molar-refractivity contribution in [2.24, 2.45) is 5.92 Å². The highest BCUT2D eigenvalue weighted by Gasteiger charge is 2.51. The second-order valence-corrected chi connectivity index (χ2v) is 8.17.